The van der Waals surface area contributed by atoms with Gasteiger partial charge in [-0.1, -0.05) is 34.1 Å². The summed E-state index contributed by atoms with van der Waals surface area (Å²) in [7, 11) is 0. The Labute approximate surface area is 185 Å². The number of amides is 2. The van der Waals surface area contributed by atoms with E-state index in [1.165, 1.54) is 5.69 Å². The second kappa shape index (κ2) is 9.63. The van der Waals surface area contributed by atoms with Crippen LogP contribution in [0.15, 0.2) is 77.5 Å². The maximum atomic E-state index is 12.3. The Hall–Kier alpha value is -3.06. The van der Waals surface area contributed by atoms with Crippen LogP contribution in [-0.2, 0) is 6.54 Å². The molecule has 3 aromatic rings. The first kappa shape index (κ1) is 20.2. The van der Waals surface area contributed by atoms with Crippen LogP contribution in [0.1, 0.15) is 5.56 Å². The highest BCUT2D eigenvalue weighted by atomic mass is 79.9. The van der Waals surface area contributed by atoms with E-state index < -0.39 is 0 Å². The van der Waals surface area contributed by atoms with Gasteiger partial charge in [0.2, 0.25) is 0 Å². The molecule has 0 unspecified atom stereocenters. The summed E-state index contributed by atoms with van der Waals surface area (Å²) >= 11 is 3.56. The van der Waals surface area contributed by atoms with Crippen molar-refractivity contribution in [3.05, 3.63) is 83.1 Å². The number of anilines is 3. The summed E-state index contributed by atoms with van der Waals surface area (Å²) in [6.45, 7) is 4.20. The van der Waals surface area contributed by atoms with E-state index in [0.717, 1.165) is 47.6 Å². The summed E-state index contributed by atoms with van der Waals surface area (Å²) in [5, 5.41) is 5.84. The fourth-order valence-electron chi connectivity index (χ4n) is 3.64. The lowest BCUT2D eigenvalue weighted by atomic mass is 10.1. The Morgan fingerprint density at radius 2 is 1.63 bits per heavy atom. The first-order valence-electron chi connectivity index (χ1n) is 9.97. The SMILES string of the molecule is O=C(NCc1cc(Br)ccc1N1CCN(c2ccncc2)CC1)Nc1ccccc1. The van der Waals surface area contributed by atoms with Gasteiger partial charge in [0.1, 0.15) is 0 Å². The zero-order valence-corrected chi connectivity index (χ0v) is 18.2. The molecular formula is C23H24BrN5O. The first-order valence-corrected chi connectivity index (χ1v) is 10.8. The smallest absolute Gasteiger partial charge is 0.319 e. The lowest BCUT2D eigenvalue weighted by Crippen LogP contribution is -2.47. The van der Waals surface area contributed by atoms with Crippen molar-refractivity contribution in [3.63, 3.8) is 0 Å². The average molecular weight is 466 g/mol. The number of nitrogens with zero attached hydrogens (tertiary/aromatic N) is 3. The number of piperazine rings is 1. The van der Waals surface area contributed by atoms with Crippen molar-refractivity contribution in [2.24, 2.45) is 0 Å². The number of rotatable bonds is 5. The summed E-state index contributed by atoms with van der Waals surface area (Å²) in [6, 6.07) is 19.6. The van der Waals surface area contributed by atoms with Crippen LogP contribution < -0.4 is 20.4 Å². The predicted molar refractivity (Wildman–Crippen MR) is 125 cm³/mol. The van der Waals surface area contributed by atoms with Gasteiger partial charge in [-0.25, -0.2) is 4.79 Å². The van der Waals surface area contributed by atoms with Crippen LogP contribution in [0.2, 0.25) is 0 Å². The van der Waals surface area contributed by atoms with Crippen molar-refractivity contribution in [2.75, 3.05) is 41.3 Å². The van der Waals surface area contributed by atoms with E-state index in [1.807, 2.05) is 42.7 Å². The van der Waals surface area contributed by atoms with Gasteiger partial charge in [0.05, 0.1) is 0 Å². The molecule has 1 aliphatic heterocycles. The van der Waals surface area contributed by atoms with Gasteiger partial charge >= 0.3 is 6.03 Å². The van der Waals surface area contributed by atoms with Gasteiger partial charge in [0.25, 0.3) is 0 Å². The maximum Gasteiger partial charge on any atom is 0.319 e. The third-order valence-corrected chi connectivity index (χ3v) is 5.65. The molecular weight excluding hydrogens is 442 g/mol. The van der Waals surface area contributed by atoms with Crippen molar-refractivity contribution in [3.8, 4) is 0 Å². The summed E-state index contributed by atoms with van der Waals surface area (Å²) in [6.07, 6.45) is 3.67. The van der Waals surface area contributed by atoms with E-state index in [4.69, 9.17) is 0 Å². The quantitative estimate of drug-likeness (QED) is 0.582. The van der Waals surface area contributed by atoms with Gasteiger partial charge in [-0.15, -0.1) is 0 Å². The fraction of sp³-hybridized carbons (Fsp3) is 0.217. The van der Waals surface area contributed by atoms with E-state index in [0.29, 0.717) is 6.54 Å². The zero-order valence-electron chi connectivity index (χ0n) is 16.6. The topological polar surface area (TPSA) is 60.5 Å². The van der Waals surface area contributed by atoms with Gasteiger partial charge in [-0.05, 0) is 48.0 Å². The Kier molecular flexibility index (Phi) is 6.49. The molecule has 0 saturated carbocycles. The van der Waals surface area contributed by atoms with Gasteiger partial charge in [0, 0.05) is 66.7 Å². The van der Waals surface area contributed by atoms with E-state index >= 15 is 0 Å². The number of carbonyl (C=O) groups excluding carboxylic acids is 1. The number of pyridine rings is 1. The number of carbonyl (C=O) groups is 1. The van der Waals surface area contributed by atoms with Crippen molar-refractivity contribution < 1.29 is 4.79 Å². The molecule has 2 amide bonds. The van der Waals surface area contributed by atoms with E-state index in [2.05, 4.69) is 71.7 Å². The molecule has 0 radical (unpaired) electrons. The molecule has 154 valence electrons. The predicted octanol–water partition coefficient (Wildman–Crippen LogP) is 4.49. The summed E-state index contributed by atoms with van der Waals surface area (Å²) in [5.41, 5.74) is 4.23. The van der Waals surface area contributed by atoms with Crippen LogP contribution >= 0.6 is 15.9 Å². The van der Waals surface area contributed by atoms with Crippen LogP contribution in [0.4, 0.5) is 21.9 Å². The van der Waals surface area contributed by atoms with Gasteiger partial charge in [-0.3, -0.25) is 4.98 Å². The Bertz CT molecular complexity index is 975. The first-order chi connectivity index (χ1) is 14.7. The fourth-order valence-corrected chi connectivity index (χ4v) is 4.05. The Balaban J connectivity index is 1.39. The number of hydrogen-bond acceptors (Lipinski definition) is 4. The molecule has 2 heterocycles. The van der Waals surface area contributed by atoms with Crippen molar-refractivity contribution >= 4 is 39.0 Å². The number of benzene rings is 2. The summed E-state index contributed by atoms with van der Waals surface area (Å²) in [4.78, 5) is 21.2. The lowest BCUT2D eigenvalue weighted by molar-refractivity contribution is 0.251. The standard InChI is InChI=1S/C23H24BrN5O/c24-19-6-7-22(29-14-12-28(13-15-29)21-8-10-25-11-9-21)18(16-19)17-26-23(30)27-20-4-2-1-3-5-20/h1-11,16H,12-15,17H2,(H2,26,27,30). The van der Waals surface area contributed by atoms with Crippen LogP contribution in [-0.4, -0.2) is 37.2 Å². The van der Waals surface area contributed by atoms with Gasteiger partial charge < -0.3 is 20.4 Å². The minimum absolute atomic E-state index is 0.213. The monoisotopic (exact) mass is 465 g/mol. The normalized spacial score (nSPS) is 13.8. The van der Waals surface area contributed by atoms with Crippen LogP contribution in [0.3, 0.4) is 0 Å². The largest absolute Gasteiger partial charge is 0.368 e. The molecule has 6 nitrogen and oxygen atoms in total. The second-order valence-electron chi connectivity index (χ2n) is 7.13. The number of urea groups is 1. The minimum atomic E-state index is -0.213. The number of hydrogen-bond donors (Lipinski definition) is 2. The third-order valence-electron chi connectivity index (χ3n) is 5.16. The van der Waals surface area contributed by atoms with Crippen molar-refractivity contribution in [2.45, 2.75) is 6.54 Å². The highest BCUT2D eigenvalue weighted by Gasteiger charge is 2.20. The van der Waals surface area contributed by atoms with Crippen LogP contribution in [0, 0.1) is 0 Å². The summed E-state index contributed by atoms with van der Waals surface area (Å²) in [5.74, 6) is 0. The molecule has 30 heavy (non-hydrogen) atoms. The molecule has 2 N–H and O–H groups in total. The molecule has 0 aliphatic carbocycles. The molecule has 0 atom stereocenters. The molecule has 1 saturated heterocycles. The molecule has 1 aliphatic rings. The Morgan fingerprint density at radius 3 is 2.37 bits per heavy atom. The third kappa shape index (κ3) is 5.10. The van der Waals surface area contributed by atoms with E-state index in [1.54, 1.807) is 0 Å². The van der Waals surface area contributed by atoms with Crippen LogP contribution in [0.5, 0.6) is 0 Å². The van der Waals surface area contributed by atoms with Gasteiger partial charge in [-0.2, -0.15) is 0 Å². The minimum Gasteiger partial charge on any atom is -0.368 e. The van der Waals surface area contributed by atoms with Gasteiger partial charge in [0.15, 0.2) is 0 Å². The number of aromatic nitrogens is 1. The molecule has 7 heteroatoms. The van der Waals surface area contributed by atoms with Crippen molar-refractivity contribution in [1.29, 1.82) is 0 Å². The molecule has 0 spiro atoms. The maximum absolute atomic E-state index is 12.3. The average Bonchev–Trinajstić information content (AvgIpc) is 2.79. The highest BCUT2D eigenvalue weighted by molar-refractivity contribution is 9.10. The number of halogens is 1. The highest BCUT2D eigenvalue weighted by Crippen LogP contribution is 2.27. The molecule has 1 aromatic heterocycles. The number of nitrogens with one attached hydrogen (secondary N) is 2. The number of para-hydroxylation sites is 1. The summed E-state index contributed by atoms with van der Waals surface area (Å²) < 4.78 is 1.00. The van der Waals surface area contributed by atoms with Crippen LogP contribution in [0.25, 0.3) is 0 Å². The van der Waals surface area contributed by atoms with E-state index in [9.17, 15) is 4.79 Å². The Morgan fingerprint density at radius 1 is 0.933 bits per heavy atom. The molecule has 4 rings (SSSR count). The molecule has 0 bridgehead atoms. The second-order valence-corrected chi connectivity index (χ2v) is 8.04. The molecule has 1 fully saturated rings. The van der Waals surface area contributed by atoms with E-state index in [-0.39, 0.29) is 6.03 Å². The lowest BCUT2D eigenvalue weighted by Gasteiger charge is -2.38. The van der Waals surface area contributed by atoms with Crippen molar-refractivity contribution in [1.82, 2.24) is 10.3 Å². The molecule has 2 aromatic carbocycles. The zero-order chi connectivity index (χ0) is 20.8.